The molecule has 3 amide bonds. The number of aryl methyl sites for hydroxylation is 1. The van der Waals surface area contributed by atoms with Crippen molar-refractivity contribution in [2.24, 2.45) is 5.92 Å². The zero-order valence-electron chi connectivity index (χ0n) is 24.1. The molecule has 2 aliphatic rings. The van der Waals surface area contributed by atoms with E-state index in [-0.39, 0.29) is 30.3 Å². The topological polar surface area (TPSA) is 101 Å². The fraction of sp³-hybridized carbons (Fsp3) is 0.273. The van der Waals surface area contributed by atoms with Crippen LogP contribution in [0.5, 0.6) is 0 Å². The van der Waals surface area contributed by atoms with Gasteiger partial charge in [0, 0.05) is 35.6 Å². The Morgan fingerprint density at radius 1 is 1.16 bits per heavy atom. The fourth-order valence-corrected chi connectivity index (χ4v) is 5.42. The van der Waals surface area contributed by atoms with E-state index < -0.39 is 29.7 Å². The standard InChI is InChI=1S/C33H32F2N4O4/c1-4-20-8-11-25(34)30(31(20)35)22-13-15-39(29(40)17-22)28-7-5-6-19(2)32(41)38-26-18-23(37-33(42)43-3)9-10-24(26)21-12-14-36-27(28)16-21/h5-6,8-12,14,16-19,28H,4,7,13,15H2,1-3H3,(H,37,42)(H,38,41)/b6-5+/t19-,28+/m1/s1. The van der Waals surface area contributed by atoms with Crippen LogP contribution in [0.25, 0.3) is 16.7 Å². The van der Waals surface area contributed by atoms with E-state index in [4.69, 9.17) is 0 Å². The number of carbonyl (C=O) groups excluding carboxylic acids is 3. The number of aromatic nitrogens is 1. The summed E-state index contributed by atoms with van der Waals surface area (Å²) in [5.41, 5.74) is 3.55. The molecule has 0 saturated carbocycles. The minimum atomic E-state index is -0.693. The van der Waals surface area contributed by atoms with Crippen molar-refractivity contribution in [1.29, 1.82) is 0 Å². The van der Waals surface area contributed by atoms with Crippen molar-refractivity contribution < 1.29 is 27.9 Å². The zero-order chi connectivity index (χ0) is 30.7. The summed E-state index contributed by atoms with van der Waals surface area (Å²) in [7, 11) is 1.26. The average molecular weight is 587 g/mol. The summed E-state index contributed by atoms with van der Waals surface area (Å²) in [6, 6.07) is 11.0. The highest BCUT2D eigenvalue weighted by molar-refractivity contribution is 5.99. The first kappa shape index (κ1) is 29.6. The molecule has 0 aliphatic carbocycles. The molecule has 0 spiro atoms. The van der Waals surface area contributed by atoms with E-state index in [1.165, 1.54) is 25.3 Å². The Balaban J connectivity index is 1.54. The number of nitrogens with zero attached hydrogens (tertiary/aromatic N) is 2. The molecule has 2 N–H and O–H groups in total. The third-order valence-corrected chi connectivity index (χ3v) is 7.79. The van der Waals surface area contributed by atoms with Crippen molar-refractivity contribution in [2.75, 3.05) is 24.3 Å². The van der Waals surface area contributed by atoms with Gasteiger partial charge < -0.3 is 15.0 Å². The number of nitrogens with one attached hydrogen (secondary N) is 2. The Kier molecular flexibility index (Phi) is 8.66. The van der Waals surface area contributed by atoms with Crippen LogP contribution in [0.4, 0.5) is 25.0 Å². The van der Waals surface area contributed by atoms with E-state index in [0.717, 1.165) is 5.56 Å². The highest BCUT2D eigenvalue weighted by Gasteiger charge is 2.30. The largest absolute Gasteiger partial charge is 0.453 e. The zero-order valence-corrected chi connectivity index (χ0v) is 24.1. The van der Waals surface area contributed by atoms with E-state index in [2.05, 4.69) is 20.4 Å². The fourth-order valence-electron chi connectivity index (χ4n) is 5.42. The van der Waals surface area contributed by atoms with Crippen molar-refractivity contribution in [2.45, 2.75) is 39.2 Å². The molecule has 0 unspecified atom stereocenters. The van der Waals surface area contributed by atoms with Crippen molar-refractivity contribution in [1.82, 2.24) is 9.88 Å². The molecule has 2 aromatic carbocycles. The van der Waals surface area contributed by atoms with Gasteiger partial charge in [0.05, 0.1) is 30.5 Å². The van der Waals surface area contributed by atoms with Crippen LogP contribution < -0.4 is 10.6 Å². The van der Waals surface area contributed by atoms with Crippen molar-refractivity contribution >= 4 is 34.9 Å². The summed E-state index contributed by atoms with van der Waals surface area (Å²) >= 11 is 0. The van der Waals surface area contributed by atoms with Gasteiger partial charge in [-0.25, -0.2) is 13.6 Å². The van der Waals surface area contributed by atoms with Gasteiger partial charge in [-0.2, -0.15) is 0 Å². The lowest BCUT2D eigenvalue weighted by Crippen LogP contribution is -2.37. The molecule has 222 valence electrons. The SMILES string of the molecule is CCc1ccc(F)c(C2=CC(=O)N([C@H]3C/C=C/[C@@H](C)C(=O)Nc4cc(NC(=O)OC)ccc4-c4ccnc3c4)CC2)c1F. The number of carbonyl (C=O) groups is 3. The van der Waals surface area contributed by atoms with Crippen LogP contribution in [-0.4, -0.2) is 41.4 Å². The number of methoxy groups -OCH3 is 1. The third-order valence-electron chi connectivity index (χ3n) is 7.79. The van der Waals surface area contributed by atoms with Crippen LogP contribution in [0, 0.1) is 17.6 Å². The molecule has 3 aromatic rings. The van der Waals surface area contributed by atoms with E-state index in [1.807, 2.05) is 12.1 Å². The van der Waals surface area contributed by atoms with E-state index >= 15 is 4.39 Å². The lowest BCUT2D eigenvalue weighted by molar-refractivity contribution is -0.129. The van der Waals surface area contributed by atoms with Gasteiger partial charge in [-0.15, -0.1) is 0 Å². The molecule has 1 aromatic heterocycles. The third kappa shape index (κ3) is 6.18. The van der Waals surface area contributed by atoms with E-state index in [0.29, 0.717) is 46.6 Å². The Bertz CT molecular complexity index is 1650. The van der Waals surface area contributed by atoms with Gasteiger partial charge in [0.1, 0.15) is 11.6 Å². The lowest BCUT2D eigenvalue weighted by Gasteiger charge is -2.34. The summed E-state index contributed by atoms with van der Waals surface area (Å²) in [6.07, 6.45) is 6.98. The van der Waals surface area contributed by atoms with Gasteiger partial charge in [0.15, 0.2) is 0 Å². The van der Waals surface area contributed by atoms with Crippen LogP contribution in [0.2, 0.25) is 0 Å². The van der Waals surface area contributed by atoms with Gasteiger partial charge in [-0.1, -0.05) is 38.1 Å². The number of fused-ring (bicyclic) bond motifs is 4. The van der Waals surface area contributed by atoms with Crippen LogP contribution in [0.3, 0.4) is 0 Å². The molecule has 0 fully saturated rings. The number of rotatable bonds is 4. The number of anilines is 2. The van der Waals surface area contributed by atoms with E-state index in [1.54, 1.807) is 55.3 Å². The molecular weight excluding hydrogens is 554 g/mol. The maximum Gasteiger partial charge on any atom is 0.411 e. The molecule has 2 atom stereocenters. The normalized spacial score (nSPS) is 19.3. The van der Waals surface area contributed by atoms with Gasteiger partial charge in [0.2, 0.25) is 11.8 Å². The second-order valence-corrected chi connectivity index (χ2v) is 10.5. The minimum absolute atomic E-state index is 0.149. The Hall–Kier alpha value is -4.86. The molecule has 3 heterocycles. The second-order valence-electron chi connectivity index (χ2n) is 10.5. The molecule has 0 saturated heterocycles. The molecular formula is C33H32F2N4O4. The molecule has 2 aliphatic heterocycles. The van der Waals surface area contributed by atoms with Gasteiger partial charge in [-0.3, -0.25) is 19.9 Å². The van der Waals surface area contributed by atoms with Gasteiger partial charge in [-0.05, 0) is 66.3 Å². The van der Waals surface area contributed by atoms with E-state index in [9.17, 15) is 18.8 Å². The summed E-state index contributed by atoms with van der Waals surface area (Å²) in [6.45, 7) is 3.79. The first-order valence-corrected chi connectivity index (χ1v) is 14.1. The van der Waals surface area contributed by atoms with Crippen molar-refractivity contribution in [3.05, 3.63) is 95.3 Å². The predicted molar refractivity (Wildman–Crippen MR) is 160 cm³/mol. The highest BCUT2D eigenvalue weighted by Crippen LogP contribution is 2.37. The number of benzene rings is 2. The predicted octanol–water partition coefficient (Wildman–Crippen LogP) is 6.66. The van der Waals surface area contributed by atoms with Crippen LogP contribution >= 0.6 is 0 Å². The first-order chi connectivity index (χ1) is 20.7. The molecule has 43 heavy (non-hydrogen) atoms. The Morgan fingerprint density at radius 3 is 2.72 bits per heavy atom. The number of hydrogen-bond acceptors (Lipinski definition) is 5. The summed E-state index contributed by atoms with van der Waals surface area (Å²) in [5, 5.41) is 5.56. The minimum Gasteiger partial charge on any atom is -0.453 e. The lowest BCUT2D eigenvalue weighted by atomic mass is 9.93. The van der Waals surface area contributed by atoms with Gasteiger partial charge >= 0.3 is 6.09 Å². The van der Waals surface area contributed by atoms with Crippen LogP contribution in [0.15, 0.2) is 66.9 Å². The molecule has 2 bridgehead atoms. The maximum atomic E-state index is 15.1. The number of pyridine rings is 1. The molecule has 5 rings (SSSR count). The monoisotopic (exact) mass is 586 g/mol. The highest BCUT2D eigenvalue weighted by atomic mass is 19.1. The van der Waals surface area contributed by atoms with Crippen LogP contribution in [0.1, 0.15) is 49.6 Å². The number of ether oxygens (including phenoxy) is 1. The molecule has 10 heteroatoms. The Labute approximate surface area is 248 Å². The molecule has 0 radical (unpaired) electrons. The first-order valence-electron chi connectivity index (χ1n) is 14.1. The molecule has 8 nitrogen and oxygen atoms in total. The maximum absolute atomic E-state index is 15.1. The Morgan fingerprint density at radius 2 is 1.98 bits per heavy atom. The number of hydrogen-bond donors (Lipinski definition) is 2. The van der Waals surface area contributed by atoms with Crippen molar-refractivity contribution in [3.63, 3.8) is 0 Å². The smallest absolute Gasteiger partial charge is 0.411 e. The van der Waals surface area contributed by atoms with Crippen molar-refractivity contribution in [3.8, 4) is 11.1 Å². The number of halogens is 2. The van der Waals surface area contributed by atoms with Gasteiger partial charge in [0.25, 0.3) is 0 Å². The quantitative estimate of drug-likeness (QED) is 0.333. The summed E-state index contributed by atoms with van der Waals surface area (Å²) in [4.78, 5) is 44.7. The summed E-state index contributed by atoms with van der Waals surface area (Å²) < 4.78 is 34.5. The second kappa shape index (κ2) is 12.6. The van der Waals surface area contributed by atoms with Crippen LogP contribution in [-0.2, 0) is 20.7 Å². The number of amides is 3. The average Bonchev–Trinajstić information content (AvgIpc) is 2.99. The summed E-state index contributed by atoms with van der Waals surface area (Å²) in [5.74, 6) is -2.45.